The second-order valence-electron chi connectivity index (χ2n) is 4.14. The molecule has 0 aliphatic rings. The van der Waals surface area contributed by atoms with Crippen molar-refractivity contribution in [1.82, 2.24) is 4.57 Å². The highest BCUT2D eigenvalue weighted by Crippen LogP contribution is 2.26. The molecule has 1 heterocycles. The molecule has 0 atom stereocenters. The van der Waals surface area contributed by atoms with Crippen LogP contribution in [0.3, 0.4) is 0 Å². The molecule has 0 aliphatic heterocycles. The molecule has 0 saturated heterocycles. The van der Waals surface area contributed by atoms with Crippen LogP contribution in [0, 0.1) is 0 Å². The lowest BCUT2D eigenvalue weighted by atomic mass is 10.1. The molecule has 15 heavy (non-hydrogen) atoms. The largest absolute Gasteiger partial charge is 0.399 e. The van der Waals surface area contributed by atoms with Gasteiger partial charge >= 0.3 is 0 Å². The summed E-state index contributed by atoms with van der Waals surface area (Å²) >= 11 is 0. The molecule has 2 rings (SSSR count). The van der Waals surface area contributed by atoms with Crippen molar-refractivity contribution in [2.45, 2.75) is 26.4 Å². The van der Waals surface area contributed by atoms with Gasteiger partial charge in [0, 0.05) is 29.9 Å². The highest BCUT2D eigenvalue weighted by molar-refractivity contribution is 5.86. The van der Waals surface area contributed by atoms with Gasteiger partial charge in [0.15, 0.2) is 0 Å². The molecule has 1 aromatic carbocycles. The van der Waals surface area contributed by atoms with Crippen LogP contribution in [0.1, 0.15) is 25.5 Å². The quantitative estimate of drug-likeness (QED) is 0.735. The van der Waals surface area contributed by atoms with Crippen LogP contribution in [-0.4, -0.2) is 4.57 Å². The van der Waals surface area contributed by atoms with E-state index in [1.807, 2.05) is 18.2 Å². The van der Waals surface area contributed by atoms with Gasteiger partial charge in [-0.15, -0.1) is 0 Å². The van der Waals surface area contributed by atoms with Gasteiger partial charge in [0.25, 0.3) is 0 Å². The van der Waals surface area contributed by atoms with Gasteiger partial charge in [-0.25, -0.2) is 0 Å². The lowest BCUT2D eigenvalue weighted by Crippen LogP contribution is -1.99. The standard InChI is InChI=1S/C12H17N3/c1-8(2)15-7-9(6-13)11-4-3-10(14)5-12(11)15/h3-5,7-8H,6,13-14H2,1-2H3. The summed E-state index contributed by atoms with van der Waals surface area (Å²) in [4.78, 5) is 0. The number of nitrogens with two attached hydrogens (primary N) is 2. The van der Waals surface area contributed by atoms with E-state index in [2.05, 4.69) is 24.6 Å². The third kappa shape index (κ3) is 1.59. The summed E-state index contributed by atoms with van der Waals surface area (Å²) in [5, 5.41) is 1.21. The maximum atomic E-state index is 5.80. The SMILES string of the molecule is CC(C)n1cc(CN)c2ccc(N)cc21. The molecule has 0 spiro atoms. The number of nitrogens with zero attached hydrogens (tertiary/aromatic N) is 1. The van der Waals surface area contributed by atoms with Crippen molar-refractivity contribution < 1.29 is 0 Å². The van der Waals surface area contributed by atoms with Crippen molar-refractivity contribution >= 4 is 16.6 Å². The molecule has 0 radical (unpaired) electrons. The first-order valence-electron chi connectivity index (χ1n) is 5.22. The Hall–Kier alpha value is -1.48. The molecule has 1 aromatic heterocycles. The van der Waals surface area contributed by atoms with Crippen molar-refractivity contribution in [1.29, 1.82) is 0 Å². The molecule has 0 fully saturated rings. The van der Waals surface area contributed by atoms with E-state index in [4.69, 9.17) is 11.5 Å². The van der Waals surface area contributed by atoms with E-state index in [1.54, 1.807) is 0 Å². The molecule has 80 valence electrons. The first-order valence-corrected chi connectivity index (χ1v) is 5.22. The molecule has 0 saturated carbocycles. The number of aromatic nitrogens is 1. The van der Waals surface area contributed by atoms with Gasteiger partial charge < -0.3 is 16.0 Å². The Bertz CT molecular complexity index is 483. The van der Waals surface area contributed by atoms with Crippen LogP contribution in [0.2, 0.25) is 0 Å². The Labute approximate surface area is 89.7 Å². The smallest absolute Gasteiger partial charge is 0.0506 e. The van der Waals surface area contributed by atoms with Crippen LogP contribution in [0.25, 0.3) is 10.9 Å². The van der Waals surface area contributed by atoms with Crippen LogP contribution < -0.4 is 11.5 Å². The van der Waals surface area contributed by atoms with E-state index in [1.165, 1.54) is 16.5 Å². The first-order chi connectivity index (χ1) is 7.13. The van der Waals surface area contributed by atoms with Crippen molar-refractivity contribution in [3.63, 3.8) is 0 Å². The summed E-state index contributed by atoms with van der Waals surface area (Å²) in [6, 6.07) is 6.40. The van der Waals surface area contributed by atoms with Crippen LogP contribution >= 0.6 is 0 Å². The Balaban J connectivity index is 2.76. The van der Waals surface area contributed by atoms with Crippen molar-refractivity contribution in [2.75, 3.05) is 5.73 Å². The van der Waals surface area contributed by atoms with Crippen molar-refractivity contribution in [3.8, 4) is 0 Å². The number of benzene rings is 1. The summed E-state index contributed by atoms with van der Waals surface area (Å²) in [5.41, 5.74) is 14.7. The molecule has 0 unspecified atom stereocenters. The second kappa shape index (κ2) is 3.59. The van der Waals surface area contributed by atoms with E-state index in [-0.39, 0.29) is 0 Å². The van der Waals surface area contributed by atoms with Gasteiger partial charge in [0.1, 0.15) is 0 Å². The number of nitrogen functional groups attached to an aromatic ring is 1. The molecule has 3 heteroatoms. The minimum absolute atomic E-state index is 0.426. The third-order valence-electron chi connectivity index (χ3n) is 2.72. The van der Waals surface area contributed by atoms with Gasteiger partial charge in [0.2, 0.25) is 0 Å². The number of fused-ring (bicyclic) bond motifs is 1. The fourth-order valence-electron chi connectivity index (χ4n) is 1.93. The van der Waals surface area contributed by atoms with Gasteiger partial charge in [-0.05, 0) is 31.5 Å². The van der Waals surface area contributed by atoms with Gasteiger partial charge in [0.05, 0.1) is 5.52 Å². The molecular weight excluding hydrogens is 186 g/mol. The summed E-state index contributed by atoms with van der Waals surface area (Å²) in [6.07, 6.45) is 2.12. The second-order valence-corrected chi connectivity index (χ2v) is 4.14. The fourth-order valence-corrected chi connectivity index (χ4v) is 1.93. The molecule has 0 bridgehead atoms. The van der Waals surface area contributed by atoms with Crippen LogP contribution in [0.4, 0.5) is 5.69 Å². The van der Waals surface area contributed by atoms with E-state index in [0.717, 1.165) is 5.69 Å². The highest BCUT2D eigenvalue weighted by Gasteiger charge is 2.09. The number of hydrogen-bond donors (Lipinski definition) is 2. The number of hydrogen-bond acceptors (Lipinski definition) is 2. The summed E-state index contributed by atoms with van der Waals surface area (Å²) < 4.78 is 2.22. The number of rotatable bonds is 2. The Kier molecular flexibility index (Phi) is 2.40. The van der Waals surface area contributed by atoms with E-state index >= 15 is 0 Å². The average molecular weight is 203 g/mol. The van der Waals surface area contributed by atoms with E-state index in [9.17, 15) is 0 Å². The molecule has 4 N–H and O–H groups in total. The molecule has 3 nitrogen and oxygen atoms in total. The molecule has 0 aliphatic carbocycles. The van der Waals surface area contributed by atoms with Crippen molar-refractivity contribution in [2.24, 2.45) is 5.73 Å². The zero-order valence-electron chi connectivity index (χ0n) is 9.20. The monoisotopic (exact) mass is 203 g/mol. The van der Waals surface area contributed by atoms with Gasteiger partial charge in [-0.1, -0.05) is 6.07 Å². The summed E-state index contributed by atoms with van der Waals surface area (Å²) in [6.45, 7) is 4.88. The topological polar surface area (TPSA) is 57.0 Å². The summed E-state index contributed by atoms with van der Waals surface area (Å²) in [5.74, 6) is 0. The first kappa shape index (κ1) is 10.1. The molecule has 0 amide bonds. The summed E-state index contributed by atoms with van der Waals surface area (Å²) in [7, 11) is 0. The zero-order valence-corrected chi connectivity index (χ0v) is 9.20. The fraction of sp³-hybridized carbons (Fsp3) is 0.333. The Morgan fingerprint density at radius 3 is 2.67 bits per heavy atom. The van der Waals surface area contributed by atoms with Gasteiger partial charge in [-0.2, -0.15) is 0 Å². The highest BCUT2D eigenvalue weighted by atomic mass is 15.0. The van der Waals surface area contributed by atoms with Crippen LogP contribution in [0.5, 0.6) is 0 Å². The molecule has 2 aromatic rings. The lowest BCUT2D eigenvalue weighted by molar-refractivity contribution is 0.621. The molecular formula is C12H17N3. The average Bonchev–Trinajstić information content (AvgIpc) is 2.55. The maximum Gasteiger partial charge on any atom is 0.0506 e. The maximum absolute atomic E-state index is 5.80. The predicted molar refractivity (Wildman–Crippen MR) is 64.6 cm³/mol. The Morgan fingerprint density at radius 2 is 2.07 bits per heavy atom. The van der Waals surface area contributed by atoms with E-state index < -0.39 is 0 Å². The third-order valence-corrected chi connectivity index (χ3v) is 2.72. The number of anilines is 1. The minimum Gasteiger partial charge on any atom is -0.399 e. The van der Waals surface area contributed by atoms with Crippen molar-refractivity contribution in [3.05, 3.63) is 30.0 Å². The van der Waals surface area contributed by atoms with Crippen LogP contribution in [0.15, 0.2) is 24.4 Å². The zero-order chi connectivity index (χ0) is 11.0. The normalized spacial score (nSPS) is 11.5. The van der Waals surface area contributed by atoms with Crippen LogP contribution in [-0.2, 0) is 6.54 Å². The van der Waals surface area contributed by atoms with E-state index in [0.29, 0.717) is 12.6 Å². The minimum atomic E-state index is 0.426. The predicted octanol–water partition coefficient (Wildman–Crippen LogP) is 2.26. The Morgan fingerprint density at radius 1 is 1.33 bits per heavy atom. The van der Waals surface area contributed by atoms with Gasteiger partial charge in [-0.3, -0.25) is 0 Å². The lowest BCUT2D eigenvalue weighted by Gasteiger charge is -2.09.